The molecule has 1 atom stereocenters. The van der Waals surface area contributed by atoms with Gasteiger partial charge in [-0.2, -0.15) is 0 Å². The summed E-state index contributed by atoms with van der Waals surface area (Å²) in [7, 11) is 0. The highest BCUT2D eigenvalue weighted by Crippen LogP contribution is 2.28. The van der Waals surface area contributed by atoms with E-state index in [2.05, 4.69) is 20.9 Å². The molecule has 0 saturated heterocycles. The van der Waals surface area contributed by atoms with Crippen LogP contribution < -0.4 is 5.73 Å². The van der Waals surface area contributed by atoms with Crippen LogP contribution in [0, 0.1) is 0 Å². The first kappa shape index (κ1) is 12.1. The Morgan fingerprint density at radius 3 is 3.00 bits per heavy atom. The molecule has 1 heterocycles. The normalized spacial score (nSPS) is 12.6. The molecule has 90 valence electrons. The molecule has 4 nitrogen and oxygen atoms in total. The molecule has 1 aromatic heterocycles. The van der Waals surface area contributed by atoms with Gasteiger partial charge in [-0.3, -0.25) is 0 Å². The van der Waals surface area contributed by atoms with Crippen molar-refractivity contribution in [3.63, 3.8) is 0 Å². The van der Waals surface area contributed by atoms with Crippen molar-refractivity contribution in [1.82, 2.24) is 9.55 Å². The molecular formula is C12H14BrN3O. The smallest absolute Gasteiger partial charge is 0.142 e. The van der Waals surface area contributed by atoms with E-state index in [0.717, 1.165) is 11.0 Å². The lowest BCUT2D eigenvalue weighted by Gasteiger charge is -2.14. The van der Waals surface area contributed by atoms with Gasteiger partial charge in [0.2, 0.25) is 0 Å². The molecule has 0 spiro atoms. The number of hydrogen-bond acceptors (Lipinski definition) is 3. The first-order valence-corrected chi connectivity index (χ1v) is 6.16. The Balaban J connectivity index is 2.43. The second kappa shape index (κ2) is 4.89. The van der Waals surface area contributed by atoms with E-state index >= 15 is 0 Å². The lowest BCUT2D eigenvalue weighted by Crippen LogP contribution is -2.10. The highest BCUT2D eigenvalue weighted by molar-refractivity contribution is 9.10. The Morgan fingerprint density at radius 2 is 2.29 bits per heavy atom. The van der Waals surface area contributed by atoms with E-state index in [-0.39, 0.29) is 0 Å². The van der Waals surface area contributed by atoms with Gasteiger partial charge in [0, 0.05) is 34.7 Å². The number of aryl methyl sites for hydroxylation is 1. The number of nitrogens with zero attached hydrogens (tertiary/aromatic N) is 2. The lowest BCUT2D eigenvalue weighted by molar-refractivity contribution is 0.205. The molecule has 1 unspecified atom stereocenters. The molecule has 1 aromatic carbocycles. The first-order valence-electron chi connectivity index (χ1n) is 5.37. The average Bonchev–Trinajstić information content (AvgIpc) is 2.79. The molecule has 0 fully saturated rings. The Labute approximate surface area is 108 Å². The lowest BCUT2D eigenvalue weighted by atomic mass is 10.1. The number of benzene rings is 1. The first-order chi connectivity index (χ1) is 8.13. The number of rotatable bonds is 3. The summed E-state index contributed by atoms with van der Waals surface area (Å²) in [6.45, 7) is 2.77. The number of imidazole rings is 1. The van der Waals surface area contributed by atoms with Gasteiger partial charge in [0.15, 0.2) is 0 Å². The van der Waals surface area contributed by atoms with Crippen LogP contribution >= 0.6 is 15.9 Å². The highest BCUT2D eigenvalue weighted by Gasteiger charge is 2.18. The van der Waals surface area contributed by atoms with Gasteiger partial charge < -0.3 is 15.4 Å². The average molecular weight is 296 g/mol. The van der Waals surface area contributed by atoms with Crippen molar-refractivity contribution >= 4 is 21.6 Å². The summed E-state index contributed by atoms with van der Waals surface area (Å²) in [4.78, 5) is 4.18. The molecule has 0 aliphatic carbocycles. The maximum Gasteiger partial charge on any atom is 0.142 e. The molecule has 0 radical (unpaired) electrons. The zero-order chi connectivity index (χ0) is 12.4. The molecular weight excluding hydrogens is 282 g/mol. The predicted octanol–water partition coefficient (Wildman–Crippen LogP) is 2.33. The van der Waals surface area contributed by atoms with Crippen LogP contribution in [0.2, 0.25) is 0 Å². The quantitative estimate of drug-likeness (QED) is 0.854. The minimum Gasteiger partial charge on any atom is -0.398 e. The number of hydrogen-bond donors (Lipinski definition) is 2. The molecule has 17 heavy (non-hydrogen) atoms. The van der Waals surface area contributed by atoms with Gasteiger partial charge in [0.05, 0.1) is 0 Å². The summed E-state index contributed by atoms with van der Waals surface area (Å²) < 4.78 is 2.78. The van der Waals surface area contributed by atoms with E-state index in [1.807, 2.05) is 29.8 Å². The summed E-state index contributed by atoms with van der Waals surface area (Å²) in [5, 5.41) is 10.3. The van der Waals surface area contributed by atoms with Crippen molar-refractivity contribution in [2.75, 3.05) is 5.73 Å². The number of aromatic nitrogens is 2. The number of anilines is 1. The fourth-order valence-corrected chi connectivity index (χ4v) is 2.14. The number of nitrogen functional groups attached to an aromatic ring is 1. The van der Waals surface area contributed by atoms with Crippen LogP contribution in [0.3, 0.4) is 0 Å². The van der Waals surface area contributed by atoms with Gasteiger partial charge in [-0.1, -0.05) is 15.9 Å². The second-order valence-corrected chi connectivity index (χ2v) is 4.66. The number of aliphatic hydroxyl groups excluding tert-OH is 1. The van der Waals surface area contributed by atoms with Crippen molar-refractivity contribution in [1.29, 1.82) is 0 Å². The zero-order valence-corrected chi connectivity index (χ0v) is 11.1. The molecule has 0 amide bonds. The molecule has 5 heteroatoms. The predicted molar refractivity (Wildman–Crippen MR) is 70.5 cm³/mol. The fourth-order valence-electron chi connectivity index (χ4n) is 1.76. The van der Waals surface area contributed by atoms with Gasteiger partial charge in [0.25, 0.3) is 0 Å². The van der Waals surface area contributed by atoms with E-state index in [0.29, 0.717) is 17.1 Å². The maximum absolute atomic E-state index is 10.3. The standard InChI is InChI=1S/C12H14BrN3O/c1-2-16-6-5-15-12(16)11(17)9-7-8(13)3-4-10(9)14/h3-7,11,17H,2,14H2,1H3. The van der Waals surface area contributed by atoms with E-state index in [4.69, 9.17) is 5.73 Å². The molecule has 0 aliphatic heterocycles. The van der Waals surface area contributed by atoms with Crippen molar-refractivity contribution < 1.29 is 5.11 Å². The maximum atomic E-state index is 10.3. The number of nitrogens with two attached hydrogens (primary N) is 1. The van der Waals surface area contributed by atoms with E-state index in [1.165, 1.54) is 0 Å². The SMILES string of the molecule is CCn1ccnc1C(O)c1cc(Br)ccc1N. The van der Waals surface area contributed by atoms with E-state index < -0.39 is 6.10 Å². The van der Waals surface area contributed by atoms with Gasteiger partial charge in [-0.15, -0.1) is 0 Å². The van der Waals surface area contributed by atoms with Gasteiger partial charge in [-0.25, -0.2) is 4.98 Å². The number of halogens is 1. The van der Waals surface area contributed by atoms with Crippen LogP contribution in [0.15, 0.2) is 35.1 Å². The summed E-state index contributed by atoms with van der Waals surface area (Å²) in [6.07, 6.45) is 2.71. The number of aliphatic hydroxyl groups is 1. The van der Waals surface area contributed by atoms with Crippen molar-refractivity contribution in [2.45, 2.75) is 19.6 Å². The largest absolute Gasteiger partial charge is 0.398 e. The van der Waals surface area contributed by atoms with Crippen molar-refractivity contribution in [3.8, 4) is 0 Å². The van der Waals surface area contributed by atoms with Crippen molar-refractivity contribution in [2.24, 2.45) is 0 Å². The minimum atomic E-state index is -0.803. The minimum absolute atomic E-state index is 0.561. The topological polar surface area (TPSA) is 64.1 Å². The van der Waals surface area contributed by atoms with Gasteiger partial charge >= 0.3 is 0 Å². The summed E-state index contributed by atoms with van der Waals surface area (Å²) in [6, 6.07) is 5.42. The second-order valence-electron chi connectivity index (χ2n) is 3.75. The highest BCUT2D eigenvalue weighted by atomic mass is 79.9. The van der Waals surface area contributed by atoms with E-state index in [1.54, 1.807) is 12.3 Å². The molecule has 2 rings (SSSR count). The Kier molecular flexibility index (Phi) is 3.49. The molecule has 0 saturated carbocycles. The Bertz CT molecular complexity index is 524. The Hall–Kier alpha value is -1.33. The Morgan fingerprint density at radius 1 is 1.53 bits per heavy atom. The third-order valence-electron chi connectivity index (χ3n) is 2.68. The summed E-state index contributed by atoms with van der Waals surface area (Å²) in [5.41, 5.74) is 7.10. The van der Waals surface area contributed by atoms with E-state index in [9.17, 15) is 5.11 Å². The summed E-state index contributed by atoms with van der Waals surface area (Å²) >= 11 is 3.37. The van der Waals surface area contributed by atoms with Crippen LogP contribution in [0.4, 0.5) is 5.69 Å². The van der Waals surface area contributed by atoms with Gasteiger partial charge in [-0.05, 0) is 25.1 Å². The van der Waals surface area contributed by atoms with Crippen LogP contribution in [0.1, 0.15) is 24.4 Å². The third-order valence-corrected chi connectivity index (χ3v) is 3.17. The van der Waals surface area contributed by atoms with Crippen LogP contribution in [0.5, 0.6) is 0 Å². The third kappa shape index (κ3) is 2.35. The van der Waals surface area contributed by atoms with Crippen molar-refractivity contribution in [3.05, 3.63) is 46.5 Å². The molecule has 0 aliphatic rings. The van der Waals surface area contributed by atoms with Crippen LogP contribution in [0.25, 0.3) is 0 Å². The molecule has 2 aromatic rings. The monoisotopic (exact) mass is 295 g/mol. The van der Waals surface area contributed by atoms with Gasteiger partial charge in [0.1, 0.15) is 11.9 Å². The zero-order valence-electron chi connectivity index (χ0n) is 9.47. The molecule has 0 bridgehead atoms. The summed E-state index contributed by atoms with van der Waals surface area (Å²) in [5.74, 6) is 0.609. The molecule has 3 N–H and O–H groups in total. The fraction of sp³-hybridized carbons (Fsp3) is 0.250. The van der Waals surface area contributed by atoms with Crippen LogP contribution in [-0.2, 0) is 6.54 Å². The van der Waals surface area contributed by atoms with Crippen LogP contribution in [-0.4, -0.2) is 14.7 Å².